The third kappa shape index (κ3) is 7.89. The van der Waals surface area contributed by atoms with Crippen LogP contribution in [0.15, 0.2) is 54.6 Å². The highest BCUT2D eigenvalue weighted by molar-refractivity contribution is 9.08. The van der Waals surface area contributed by atoms with E-state index in [9.17, 15) is 4.79 Å². The third-order valence-corrected chi connectivity index (χ3v) is 7.39. The lowest BCUT2D eigenvalue weighted by atomic mass is 9.98. The number of alkyl carbamates (subject to hydrolysis) is 1. The van der Waals surface area contributed by atoms with Crippen LogP contribution in [0.4, 0.5) is 4.79 Å². The van der Waals surface area contributed by atoms with Crippen molar-refractivity contribution >= 4 is 38.0 Å². The molecule has 204 valence electrons. The summed E-state index contributed by atoms with van der Waals surface area (Å²) in [5, 5.41) is 8.76. The standard InChI is InChI=1S/C28H33Br2N3O5/c29-18-21-17-22(19-30)33(32-21)10-12-36-14-16-37-15-13-35-11-9-31-28(34)38-20-27-25-7-3-1-5-23(25)24-6-2-4-8-26(24)27/h1-8,17,27H,9-16,18-20H2,(H,31,34). The first-order valence-electron chi connectivity index (χ1n) is 12.7. The Labute approximate surface area is 240 Å². The fourth-order valence-corrected chi connectivity index (χ4v) is 5.17. The molecule has 1 N–H and O–H groups in total. The lowest BCUT2D eigenvalue weighted by Gasteiger charge is -2.14. The predicted octanol–water partition coefficient (Wildman–Crippen LogP) is 5.26. The molecule has 1 amide bonds. The molecule has 1 aliphatic rings. The fourth-order valence-electron chi connectivity index (χ4n) is 4.45. The molecule has 38 heavy (non-hydrogen) atoms. The summed E-state index contributed by atoms with van der Waals surface area (Å²) in [6, 6.07) is 18.6. The van der Waals surface area contributed by atoms with Gasteiger partial charge in [-0.25, -0.2) is 4.79 Å². The maximum Gasteiger partial charge on any atom is 0.407 e. The van der Waals surface area contributed by atoms with E-state index >= 15 is 0 Å². The van der Waals surface area contributed by atoms with Gasteiger partial charge in [0.1, 0.15) is 6.61 Å². The van der Waals surface area contributed by atoms with Crippen molar-refractivity contribution in [1.82, 2.24) is 15.1 Å². The van der Waals surface area contributed by atoms with Gasteiger partial charge in [-0.3, -0.25) is 4.68 Å². The molecule has 0 saturated heterocycles. The summed E-state index contributed by atoms with van der Waals surface area (Å²) in [5.41, 5.74) is 6.95. The first-order valence-corrected chi connectivity index (χ1v) is 14.9. The van der Waals surface area contributed by atoms with Crippen LogP contribution in [0.2, 0.25) is 0 Å². The summed E-state index contributed by atoms with van der Waals surface area (Å²) in [6.45, 7) is 4.27. The minimum absolute atomic E-state index is 0.0509. The summed E-state index contributed by atoms with van der Waals surface area (Å²) in [4.78, 5) is 12.2. The Bertz CT molecular complexity index is 1130. The number of hydrogen-bond acceptors (Lipinski definition) is 6. The van der Waals surface area contributed by atoms with E-state index in [1.54, 1.807) is 0 Å². The molecule has 4 rings (SSSR count). The van der Waals surface area contributed by atoms with Gasteiger partial charge in [0, 0.05) is 28.8 Å². The molecule has 0 fully saturated rings. The Morgan fingerprint density at radius 3 is 2.08 bits per heavy atom. The average molecular weight is 651 g/mol. The Morgan fingerprint density at radius 2 is 1.45 bits per heavy atom. The number of ether oxygens (including phenoxy) is 4. The van der Waals surface area contributed by atoms with Crippen LogP contribution in [-0.2, 0) is 36.2 Å². The highest BCUT2D eigenvalue weighted by Crippen LogP contribution is 2.44. The second-order valence-electron chi connectivity index (χ2n) is 8.71. The molecule has 0 spiro atoms. The molecule has 0 aliphatic heterocycles. The summed E-state index contributed by atoms with van der Waals surface area (Å²) in [6.07, 6.45) is -0.439. The minimum atomic E-state index is -0.439. The molecule has 1 aromatic heterocycles. The molecule has 0 unspecified atom stereocenters. The number of benzene rings is 2. The minimum Gasteiger partial charge on any atom is -0.449 e. The maximum atomic E-state index is 12.2. The van der Waals surface area contributed by atoms with Crippen molar-refractivity contribution in [1.29, 1.82) is 0 Å². The van der Waals surface area contributed by atoms with Crippen LogP contribution in [0, 0.1) is 0 Å². The number of carbonyl (C=O) groups is 1. The summed E-state index contributed by atoms with van der Waals surface area (Å²) in [7, 11) is 0. The Kier molecular flexibility index (Phi) is 11.6. The second kappa shape index (κ2) is 15.4. The van der Waals surface area contributed by atoms with Gasteiger partial charge in [-0.15, -0.1) is 0 Å². The van der Waals surface area contributed by atoms with E-state index in [-0.39, 0.29) is 5.92 Å². The Morgan fingerprint density at radius 1 is 0.842 bits per heavy atom. The van der Waals surface area contributed by atoms with Crippen LogP contribution in [0.3, 0.4) is 0 Å². The quantitative estimate of drug-likeness (QED) is 0.168. The number of fused-ring (bicyclic) bond motifs is 3. The van der Waals surface area contributed by atoms with E-state index in [0.29, 0.717) is 59.3 Å². The third-order valence-electron chi connectivity index (χ3n) is 6.24. The van der Waals surface area contributed by atoms with Gasteiger partial charge in [0.15, 0.2) is 0 Å². The second-order valence-corrected chi connectivity index (χ2v) is 9.83. The van der Waals surface area contributed by atoms with E-state index in [2.05, 4.69) is 72.6 Å². The topological polar surface area (TPSA) is 83.8 Å². The number of hydrogen-bond donors (Lipinski definition) is 1. The molecule has 8 nitrogen and oxygen atoms in total. The molecule has 0 radical (unpaired) electrons. The van der Waals surface area contributed by atoms with E-state index in [0.717, 1.165) is 22.0 Å². The number of nitrogens with zero attached hydrogens (tertiary/aromatic N) is 2. The maximum absolute atomic E-state index is 12.2. The monoisotopic (exact) mass is 649 g/mol. The molecule has 0 bridgehead atoms. The van der Waals surface area contributed by atoms with Crippen LogP contribution >= 0.6 is 31.9 Å². The highest BCUT2D eigenvalue weighted by atomic mass is 79.9. The van der Waals surface area contributed by atoms with E-state index in [4.69, 9.17) is 18.9 Å². The first kappa shape index (κ1) is 28.8. The summed E-state index contributed by atoms with van der Waals surface area (Å²) in [5.74, 6) is 0.0509. The number of halogens is 2. The van der Waals surface area contributed by atoms with Crippen LogP contribution < -0.4 is 5.32 Å². The molecule has 10 heteroatoms. The largest absolute Gasteiger partial charge is 0.449 e. The van der Waals surface area contributed by atoms with Gasteiger partial charge < -0.3 is 24.3 Å². The van der Waals surface area contributed by atoms with Gasteiger partial charge in [-0.2, -0.15) is 5.10 Å². The SMILES string of the molecule is O=C(NCCOCCOCCOCCn1nc(CBr)cc1CBr)OCC1c2ccccc2-c2ccccc21. The van der Waals surface area contributed by atoms with Crippen molar-refractivity contribution in [2.75, 3.05) is 52.8 Å². The number of nitrogens with one attached hydrogen (secondary N) is 1. The summed E-state index contributed by atoms with van der Waals surface area (Å²) < 4.78 is 24.2. The van der Waals surface area contributed by atoms with Crippen LogP contribution in [-0.4, -0.2) is 68.7 Å². The van der Waals surface area contributed by atoms with Gasteiger partial charge in [-0.05, 0) is 28.3 Å². The average Bonchev–Trinajstić information content (AvgIpc) is 3.51. The number of aromatic nitrogens is 2. The van der Waals surface area contributed by atoms with Crippen molar-refractivity contribution in [3.63, 3.8) is 0 Å². The van der Waals surface area contributed by atoms with Crippen molar-refractivity contribution in [3.8, 4) is 11.1 Å². The molecular weight excluding hydrogens is 618 g/mol. The number of amides is 1. The zero-order valence-electron chi connectivity index (χ0n) is 21.2. The van der Waals surface area contributed by atoms with Crippen molar-refractivity contribution in [2.45, 2.75) is 23.1 Å². The van der Waals surface area contributed by atoms with Gasteiger partial charge in [0.2, 0.25) is 0 Å². The van der Waals surface area contributed by atoms with Gasteiger partial charge >= 0.3 is 6.09 Å². The normalized spacial score (nSPS) is 12.4. The number of carbonyl (C=O) groups excluding carboxylic acids is 1. The Hall–Kier alpha value is -2.24. The van der Waals surface area contributed by atoms with Crippen molar-refractivity contribution in [3.05, 3.63) is 77.1 Å². The zero-order valence-corrected chi connectivity index (χ0v) is 24.4. The van der Waals surface area contributed by atoms with Crippen molar-refractivity contribution < 1.29 is 23.7 Å². The predicted molar refractivity (Wildman–Crippen MR) is 153 cm³/mol. The molecule has 1 heterocycles. The van der Waals surface area contributed by atoms with Crippen LogP contribution in [0.1, 0.15) is 28.4 Å². The van der Waals surface area contributed by atoms with E-state index < -0.39 is 6.09 Å². The molecule has 3 aromatic rings. The zero-order chi connectivity index (χ0) is 26.6. The Balaban J connectivity index is 1.00. The van der Waals surface area contributed by atoms with E-state index in [1.807, 2.05) is 28.9 Å². The lowest BCUT2D eigenvalue weighted by molar-refractivity contribution is 0.0132. The molecule has 1 aliphatic carbocycles. The molecule has 2 aromatic carbocycles. The van der Waals surface area contributed by atoms with Gasteiger partial charge in [0.05, 0.1) is 51.9 Å². The van der Waals surface area contributed by atoms with Crippen molar-refractivity contribution in [2.24, 2.45) is 0 Å². The first-order chi connectivity index (χ1) is 18.7. The molecular formula is C28H33Br2N3O5. The van der Waals surface area contributed by atoms with E-state index in [1.165, 1.54) is 22.3 Å². The highest BCUT2D eigenvalue weighted by Gasteiger charge is 2.28. The number of rotatable bonds is 16. The van der Waals surface area contributed by atoms with Gasteiger partial charge in [0.25, 0.3) is 0 Å². The lowest BCUT2D eigenvalue weighted by Crippen LogP contribution is -2.29. The fraction of sp³-hybridized carbons (Fsp3) is 0.429. The smallest absolute Gasteiger partial charge is 0.407 e. The van der Waals surface area contributed by atoms with Crippen LogP contribution in [0.5, 0.6) is 0 Å². The molecule has 0 atom stereocenters. The summed E-state index contributed by atoms with van der Waals surface area (Å²) >= 11 is 6.92. The molecule has 0 saturated carbocycles. The van der Waals surface area contributed by atoms with Gasteiger partial charge in [-0.1, -0.05) is 80.4 Å². The van der Waals surface area contributed by atoms with Crippen LogP contribution in [0.25, 0.3) is 11.1 Å². The number of alkyl halides is 2.